The normalized spacial score (nSPS) is 10.8. The van der Waals surface area contributed by atoms with Crippen LogP contribution in [0.1, 0.15) is 5.56 Å². The Morgan fingerprint density at radius 3 is 2.66 bits per heavy atom. The molecule has 8 heteroatoms. The molecule has 162 valence electrons. The van der Waals surface area contributed by atoms with Gasteiger partial charge in [-0.15, -0.1) is 0 Å². The molecule has 0 radical (unpaired) electrons. The smallest absolute Gasteiger partial charge is 0.266 e. The Balaban J connectivity index is 1.69. The Bertz CT molecular complexity index is 1370. The highest BCUT2D eigenvalue weighted by Gasteiger charge is 2.17. The molecule has 4 aromatic rings. The zero-order valence-electron chi connectivity index (χ0n) is 17.5. The number of rotatable bonds is 6. The molecule has 0 saturated heterocycles. The van der Waals surface area contributed by atoms with Gasteiger partial charge in [0.05, 0.1) is 29.5 Å². The molecule has 0 aliphatic rings. The Morgan fingerprint density at radius 2 is 1.88 bits per heavy atom. The third-order valence-electron chi connectivity index (χ3n) is 4.86. The number of anilines is 1. The van der Waals surface area contributed by atoms with Crippen molar-refractivity contribution < 1.29 is 9.53 Å². The lowest BCUT2D eigenvalue weighted by Gasteiger charge is -2.15. The molecule has 3 aromatic carbocycles. The molecule has 1 N–H and O–H groups in total. The number of aryl methyl sites for hydroxylation is 1. The molecule has 32 heavy (non-hydrogen) atoms. The third kappa shape index (κ3) is 4.49. The second-order valence-electron chi connectivity index (χ2n) is 7.02. The van der Waals surface area contributed by atoms with Crippen molar-refractivity contribution in [2.45, 2.75) is 12.1 Å². The van der Waals surface area contributed by atoms with E-state index in [1.54, 1.807) is 49.6 Å². The van der Waals surface area contributed by atoms with Crippen LogP contribution in [0.25, 0.3) is 16.6 Å². The minimum absolute atomic E-state index is 0.0609. The number of amides is 1. The fourth-order valence-electron chi connectivity index (χ4n) is 3.23. The number of fused-ring (bicyclic) bond motifs is 1. The van der Waals surface area contributed by atoms with Crippen LogP contribution in [0.5, 0.6) is 5.75 Å². The van der Waals surface area contributed by atoms with E-state index in [0.717, 1.165) is 5.56 Å². The average molecular weight is 466 g/mol. The van der Waals surface area contributed by atoms with Gasteiger partial charge in [-0.2, -0.15) is 0 Å². The van der Waals surface area contributed by atoms with E-state index in [-0.39, 0.29) is 17.2 Å². The molecule has 0 spiro atoms. The molecular formula is C24H20ClN3O3S. The second-order valence-corrected chi connectivity index (χ2v) is 8.37. The van der Waals surface area contributed by atoms with Crippen LogP contribution in [0.15, 0.2) is 76.7 Å². The summed E-state index contributed by atoms with van der Waals surface area (Å²) in [6.07, 6.45) is 0. The van der Waals surface area contributed by atoms with Crippen LogP contribution in [0.2, 0.25) is 5.02 Å². The van der Waals surface area contributed by atoms with Gasteiger partial charge in [0.15, 0.2) is 5.16 Å². The number of para-hydroxylation sites is 3. The number of nitrogens with one attached hydrogen (secondary N) is 1. The lowest BCUT2D eigenvalue weighted by molar-refractivity contribution is -0.113. The molecule has 0 unspecified atom stereocenters. The van der Waals surface area contributed by atoms with Crippen LogP contribution in [0.3, 0.4) is 0 Å². The van der Waals surface area contributed by atoms with Gasteiger partial charge < -0.3 is 10.1 Å². The number of halogens is 1. The number of methoxy groups -OCH3 is 1. The van der Waals surface area contributed by atoms with Gasteiger partial charge in [0, 0.05) is 10.7 Å². The second kappa shape index (κ2) is 9.46. The fourth-order valence-corrected chi connectivity index (χ4v) is 4.22. The molecule has 1 heterocycles. The van der Waals surface area contributed by atoms with E-state index < -0.39 is 0 Å². The van der Waals surface area contributed by atoms with Crippen molar-refractivity contribution in [1.29, 1.82) is 0 Å². The lowest BCUT2D eigenvalue weighted by atomic mass is 10.2. The van der Waals surface area contributed by atoms with E-state index in [1.807, 2.05) is 31.2 Å². The molecule has 1 aromatic heterocycles. The Labute approximate surface area is 194 Å². The maximum Gasteiger partial charge on any atom is 0.266 e. The number of carbonyl (C=O) groups excluding carboxylic acids is 1. The number of aromatic nitrogens is 2. The highest BCUT2D eigenvalue weighted by atomic mass is 35.5. The monoisotopic (exact) mass is 465 g/mol. The van der Waals surface area contributed by atoms with Crippen LogP contribution in [-0.4, -0.2) is 28.3 Å². The van der Waals surface area contributed by atoms with Gasteiger partial charge in [-0.1, -0.05) is 53.7 Å². The molecule has 4 rings (SSSR count). The van der Waals surface area contributed by atoms with E-state index in [0.29, 0.717) is 38.2 Å². The van der Waals surface area contributed by atoms with Crippen LogP contribution in [0.4, 0.5) is 5.69 Å². The van der Waals surface area contributed by atoms with Gasteiger partial charge in [0.1, 0.15) is 5.75 Å². The van der Waals surface area contributed by atoms with Gasteiger partial charge in [0.25, 0.3) is 5.56 Å². The first-order valence-electron chi connectivity index (χ1n) is 9.82. The highest BCUT2D eigenvalue weighted by molar-refractivity contribution is 7.99. The molecule has 0 aliphatic heterocycles. The van der Waals surface area contributed by atoms with Crippen molar-refractivity contribution in [3.8, 4) is 11.4 Å². The minimum Gasteiger partial charge on any atom is -0.495 e. The summed E-state index contributed by atoms with van der Waals surface area (Å²) in [6, 6.07) is 19.7. The molecule has 0 saturated carbocycles. The van der Waals surface area contributed by atoms with Crippen LogP contribution >= 0.6 is 23.4 Å². The van der Waals surface area contributed by atoms with Crippen molar-refractivity contribution >= 4 is 45.9 Å². The van der Waals surface area contributed by atoms with Gasteiger partial charge in [0.2, 0.25) is 5.91 Å². The first-order valence-corrected chi connectivity index (χ1v) is 11.2. The Kier molecular flexibility index (Phi) is 6.48. The SMILES string of the molecule is COc1ccccc1-n1c(SCC(=O)Nc2ccc(C)c(Cl)c2)nc2ccccc2c1=O. The number of hydrogen-bond donors (Lipinski definition) is 1. The van der Waals surface area contributed by atoms with E-state index in [9.17, 15) is 9.59 Å². The average Bonchev–Trinajstić information content (AvgIpc) is 2.80. The molecule has 6 nitrogen and oxygen atoms in total. The van der Waals surface area contributed by atoms with E-state index in [4.69, 9.17) is 16.3 Å². The van der Waals surface area contributed by atoms with Crippen LogP contribution in [0, 0.1) is 6.92 Å². The topological polar surface area (TPSA) is 73.2 Å². The number of thioether (sulfide) groups is 1. The highest BCUT2D eigenvalue weighted by Crippen LogP contribution is 2.27. The largest absolute Gasteiger partial charge is 0.495 e. The number of benzene rings is 3. The number of hydrogen-bond acceptors (Lipinski definition) is 5. The number of nitrogens with zero attached hydrogens (tertiary/aromatic N) is 2. The predicted octanol–water partition coefficient (Wildman–Crippen LogP) is 5.09. The van der Waals surface area contributed by atoms with Gasteiger partial charge >= 0.3 is 0 Å². The molecule has 0 atom stereocenters. The summed E-state index contributed by atoms with van der Waals surface area (Å²) in [5.74, 6) is 0.363. The van der Waals surface area contributed by atoms with Crippen molar-refractivity contribution in [2.75, 3.05) is 18.2 Å². The summed E-state index contributed by atoms with van der Waals surface area (Å²) in [4.78, 5) is 30.6. The van der Waals surface area contributed by atoms with Crippen molar-refractivity contribution in [3.63, 3.8) is 0 Å². The summed E-state index contributed by atoms with van der Waals surface area (Å²) < 4.78 is 6.95. The summed E-state index contributed by atoms with van der Waals surface area (Å²) in [5, 5.41) is 4.30. The number of ether oxygens (including phenoxy) is 1. The summed E-state index contributed by atoms with van der Waals surface area (Å²) in [6.45, 7) is 1.90. The zero-order chi connectivity index (χ0) is 22.7. The molecule has 1 amide bonds. The minimum atomic E-state index is -0.232. The molecule has 0 fully saturated rings. The maximum absolute atomic E-state index is 13.4. The quantitative estimate of drug-likeness (QED) is 0.317. The zero-order valence-corrected chi connectivity index (χ0v) is 19.0. The third-order valence-corrected chi connectivity index (χ3v) is 6.20. The van der Waals surface area contributed by atoms with Crippen molar-refractivity contribution in [1.82, 2.24) is 9.55 Å². The first-order chi connectivity index (χ1) is 15.5. The maximum atomic E-state index is 13.4. The number of carbonyl (C=O) groups is 1. The Hall–Kier alpha value is -3.29. The van der Waals surface area contributed by atoms with Crippen LogP contribution < -0.4 is 15.6 Å². The van der Waals surface area contributed by atoms with E-state index in [2.05, 4.69) is 10.3 Å². The van der Waals surface area contributed by atoms with E-state index in [1.165, 1.54) is 16.3 Å². The summed E-state index contributed by atoms with van der Waals surface area (Å²) in [5.41, 5.74) is 2.44. The summed E-state index contributed by atoms with van der Waals surface area (Å²) >= 11 is 7.32. The van der Waals surface area contributed by atoms with Crippen molar-refractivity contribution in [3.05, 3.63) is 87.7 Å². The first kappa shape index (κ1) is 21.9. The van der Waals surface area contributed by atoms with E-state index >= 15 is 0 Å². The predicted molar refractivity (Wildman–Crippen MR) is 129 cm³/mol. The standard InChI is InChI=1S/C24H20ClN3O3S/c1-15-11-12-16(13-18(15)25)26-22(29)14-32-24-27-19-8-4-3-7-17(19)23(30)28(24)20-9-5-6-10-21(20)31-2/h3-13H,14H2,1-2H3,(H,26,29). The Morgan fingerprint density at radius 1 is 1.12 bits per heavy atom. The van der Waals surface area contributed by atoms with Crippen molar-refractivity contribution in [2.24, 2.45) is 0 Å². The molecule has 0 aliphatic carbocycles. The van der Waals surface area contributed by atoms with Gasteiger partial charge in [-0.3, -0.25) is 14.2 Å². The molecular weight excluding hydrogens is 446 g/mol. The van der Waals surface area contributed by atoms with Gasteiger partial charge in [-0.05, 0) is 48.9 Å². The fraction of sp³-hybridized carbons (Fsp3) is 0.125. The molecule has 0 bridgehead atoms. The lowest BCUT2D eigenvalue weighted by Crippen LogP contribution is -2.23. The van der Waals surface area contributed by atoms with Crippen LogP contribution in [-0.2, 0) is 4.79 Å². The summed E-state index contributed by atoms with van der Waals surface area (Å²) in [7, 11) is 1.55. The van der Waals surface area contributed by atoms with Gasteiger partial charge in [-0.25, -0.2) is 4.98 Å².